The van der Waals surface area contributed by atoms with Crippen LogP contribution in [0.15, 0.2) is 17.0 Å². The van der Waals surface area contributed by atoms with Gasteiger partial charge < -0.3 is 4.74 Å². The van der Waals surface area contributed by atoms with Gasteiger partial charge in [0.2, 0.25) is 10.0 Å². The molecule has 5 heteroatoms. The Labute approximate surface area is 116 Å². The van der Waals surface area contributed by atoms with Gasteiger partial charge in [0.15, 0.2) is 0 Å². The van der Waals surface area contributed by atoms with E-state index in [-0.39, 0.29) is 0 Å². The second-order valence-corrected chi connectivity index (χ2v) is 6.36. The summed E-state index contributed by atoms with van der Waals surface area (Å²) in [6.45, 7) is 6.24. The molecule has 108 valence electrons. The van der Waals surface area contributed by atoms with E-state index in [0.29, 0.717) is 17.2 Å². The highest BCUT2D eigenvalue weighted by atomic mass is 32.2. The van der Waals surface area contributed by atoms with Gasteiger partial charge >= 0.3 is 0 Å². The number of nitrogens with one attached hydrogen (secondary N) is 1. The van der Waals surface area contributed by atoms with Gasteiger partial charge in [-0.05, 0) is 43.5 Å². The molecule has 0 fully saturated rings. The molecule has 0 heterocycles. The lowest BCUT2D eigenvalue weighted by Crippen LogP contribution is -2.25. The van der Waals surface area contributed by atoms with Crippen LogP contribution in [-0.4, -0.2) is 22.1 Å². The lowest BCUT2D eigenvalue weighted by molar-refractivity contribution is 0.410. The van der Waals surface area contributed by atoms with Crippen LogP contribution in [0.2, 0.25) is 0 Å². The minimum Gasteiger partial charge on any atom is -0.496 e. The second-order valence-electron chi connectivity index (χ2n) is 4.62. The number of rotatable bonds is 7. The van der Waals surface area contributed by atoms with Crippen molar-refractivity contribution >= 4 is 10.0 Å². The van der Waals surface area contributed by atoms with Crippen molar-refractivity contribution in [3.05, 3.63) is 23.3 Å². The Morgan fingerprint density at radius 3 is 2.42 bits per heavy atom. The molecule has 0 saturated heterocycles. The van der Waals surface area contributed by atoms with Gasteiger partial charge in [-0.25, -0.2) is 13.1 Å². The standard InChI is InChI=1S/C14H23NO3S/c1-5-6-7-10-15-19(16,17)14-9-8-13(18-4)11(2)12(14)3/h8-9,15H,5-7,10H2,1-4H3. The van der Waals surface area contributed by atoms with Crippen molar-refractivity contribution in [1.29, 1.82) is 0 Å². The van der Waals surface area contributed by atoms with Crippen molar-refractivity contribution in [2.45, 2.75) is 44.9 Å². The molecule has 4 nitrogen and oxygen atoms in total. The summed E-state index contributed by atoms with van der Waals surface area (Å²) < 4.78 is 32.3. The average Bonchev–Trinajstić information content (AvgIpc) is 2.37. The third kappa shape index (κ3) is 3.94. The Balaban J connectivity index is 2.93. The van der Waals surface area contributed by atoms with Crippen LogP contribution >= 0.6 is 0 Å². The zero-order chi connectivity index (χ0) is 14.5. The molecule has 1 aromatic rings. The fourth-order valence-corrected chi connectivity index (χ4v) is 3.31. The van der Waals surface area contributed by atoms with Crippen molar-refractivity contribution in [2.24, 2.45) is 0 Å². The third-order valence-electron chi connectivity index (χ3n) is 3.27. The quantitative estimate of drug-likeness (QED) is 0.784. The van der Waals surface area contributed by atoms with Crippen LogP contribution in [0.5, 0.6) is 5.75 Å². The number of hydrogen-bond acceptors (Lipinski definition) is 3. The van der Waals surface area contributed by atoms with Crippen molar-refractivity contribution in [1.82, 2.24) is 4.72 Å². The lowest BCUT2D eigenvalue weighted by Gasteiger charge is -2.13. The summed E-state index contributed by atoms with van der Waals surface area (Å²) in [4.78, 5) is 0.335. The van der Waals surface area contributed by atoms with Crippen LogP contribution in [0.3, 0.4) is 0 Å². The topological polar surface area (TPSA) is 55.4 Å². The predicted molar refractivity (Wildman–Crippen MR) is 77.2 cm³/mol. The SMILES string of the molecule is CCCCCNS(=O)(=O)c1ccc(OC)c(C)c1C. The Kier molecular flexibility index (Phi) is 5.82. The van der Waals surface area contributed by atoms with E-state index in [2.05, 4.69) is 11.6 Å². The average molecular weight is 285 g/mol. The first-order valence-corrected chi connectivity index (χ1v) is 8.06. The first-order valence-electron chi connectivity index (χ1n) is 6.58. The molecule has 0 bridgehead atoms. The molecule has 0 spiro atoms. The summed E-state index contributed by atoms with van der Waals surface area (Å²) in [5.74, 6) is 0.711. The van der Waals surface area contributed by atoms with Crippen LogP contribution in [0.1, 0.15) is 37.3 Å². The van der Waals surface area contributed by atoms with Gasteiger partial charge in [0.05, 0.1) is 12.0 Å². The molecule has 0 aromatic heterocycles. The van der Waals surface area contributed by atoms with Crippen LogP contribution in [0.25, 0.3) is 0 Å². The maximum absolute atomic E-state index is 12.2. The molecular formula is C14H23NO3S. The fourth-order valence-electron chi connectivity index (χ4n) is 1.94. The molecule has 0 radical (unpaired) electrons. The molecule has 0 unspecified atom stereocenters. The highest BCUT2D eigenvalue weighted by Crippen LogP contribution is 2.26. The lowest BCUT2D eigenvalue weighted by atomic mass is 10.1. The van der Waals surface area contributed by atoms with Gasteiger partial charge in [0, 0.05) is 6.54 Å². The van der Waals surface area contributed by atoms with E-state index >= 15 is 0 Å². The number of benzene rings is 1. The van der Waals surface area contributed by atoms with Crippen molar-refractivity contribution < 1.29 is 13.2 Å². The molecule has 0 aliphatic rings. The van der Waals surface area contributed by atoms with Gasteiger partial charge in [-0.2, -0.15) is 0 Å². The second kappa shape index (κ2) is 6.91. The molecule has 0 saturated carbocycles. The minimum atomic E-state index is -3.42. The van der Waals surface area contributed by atoms with Crippen LogP contribution < -0.4 is 9.46 Å². The highest BCUT2D eigenvalue weighted by Gasteiger charge is 2.18. The Morgan fingerprint density at radius 1 is 1.16 bits per heavy atom. The molecule has 0 aliphatic heterocycles. The number of sulfonamides is 1. The van der Waals surface area contributed by atoms with Gasteiger partial charge in [0.1, 0.15) is 5.75 Å². The van der Waals surface area contributed by atoms with E-state index < -0.39 is 10.0 Å². The molecule has 0 amide bonds. The summed E-state index contributed by atoms with van der Waals surface area (Å²) in [5, 5.41) is 0. The minimum absolute atomic E-state index is 0.335. The van der Waals surface area contributed by atoms with E-state index in [1.807, 2.05) is 6.92 Å². The maximum Gasteiger partial charge on any atom is 0.240 e. The summed E-state index contributed by atoms with van der Waals surface area (Å²) in [6, 6.07) is 3.30. The van der Waals surface area contributed by atoms with Gasteiger partial charge in [0.25, 0.3) is 0 Å². The summed E-state index contributed by atoms with van der Waals surface area (Å²) in [5.41, 5.74) is 1.60. The fraction of sp³-hybridized carbons (Fsp3) is 0.571. The molecular weight excluding hydrogens is 262 g/mol. The summed E-state index contributed by atoms with van der Waals surface area (Å²) in [7, 11) is -1.84. The van der Waals surface area contributed by atoms with Crippen LogP contribution in [-0.2, 0) is 10.0 Å². The van der Waals surface area contributed by atoms with E-state index in [0.717, 1.165) is 30.4 Å². The van der Waals surface area contributed by atoms with Crippen molar-refractivity contribution in [3.8, 4) is 5.75 Å². The number of hydrogen-bond donors (Lipinski definition) is 1. The van der Waals surface area contributed by atoms with Crippen LogP contribution in [0.4, 0.5) is 0 Å². The van der Waals surface area contributed by atoms with E-state index in [9.17, 15) is 8.42 Å². The molecule has 0 atom stereocenters. The highest BCUT2D eigenvalue weighted by molar-refractivity contribution is 7.89. The number of methoxy groups -OCH3 is 1. The molecule has 1 rings (SSSR count). The summed E-state index contributed by atoms with van der Waals surface area (Å²) >= 11 is 0. The third-order valence-corrected chi connectivity index (χ3v) is 4.88. The predicted octanol–water partition coefficient (Wildman–Crippen LogP) is 2.78. The number of unbranched alkanes of at least 4 members (excludes halogenated alkanes) is 2. The number of ether oxygens (including phenoxy) is 1. The van der Waals surface area contributed by atoms with Gasteiger partial charge in [-0.3, -0.25) is 0 Å². The smallest absolute Gasteiger partial charge is 0.240 e. The molecule has 19 heavy (non-hydrogen) atoms. The Hall–Kier alpha value is -1.07. The van der Waals surface area contributed by atoms with Crippen LogP contribution in [0, 0.1) is 13.8 Å². The van der Waals surface area contributed by atoms with Gasteiger partial charge in [-0.1, -0.05) is 19.8 Å². The zero-order valence-electron chi connectivity index (χ0n) is 12.1. The Morgan fingerprint density at radius 2 is 1.84 bits per heavy atom. The first kappa shape index (κ1) is 16.0. The zero-order valence-corrected chi connectivity index (χ0v) is 12.9. The molecule has 1 aromatic carbocycles. The first-order chi connectivity index (χ1) is 8.94. The van der Waals surface area contributed by atoms with Crippen molar-refractivity contribution in [2.75, 3.05) is 13.7 Å². The maximum atomic E-state index is 12.2. The largest absolute Gasteiger partial charge is 0.496 e. The monoisotopic (exact) mass is 285 g/mol. The van der Waals surface area contributed by atoms with E-state index in [1.54, 1.807) is 26.2 Å². The molecule has 1 N–H and O–H groups in total. The normalized spacial score (nSPS) is 11.6. The summed E-state index contributed by atoms with van der Waals surface area (Å²) in [6.07, 6.45) is 2.97. The molecule has 0 aliphatic carbocycles. The van der Waals surface area contributed by atoms with Crippen molar-refractivity contribution in [3.63, 3.8) is 0 Å². The van der Waals surface area contributed by atoms with E-state index in [4.69, 9.17) is 4.74 Å². The van der Waals surface area contributed by atoms with E-state index in [1.165, 1.54) is 0 Å². The Bertz CT molecular complexity index is 524. The van der Waals surface area contributed by atoms with Gasteiger partial charge in [-0.15, -0.1) is 0 Å².